The molecule has 3 N–H and O–H groups in total. The Hall–Kier alpha value is -2.45. The van der Waals surface area contributed by atoms with Crippen molar-refractivity contribution in [2.45, 2.75) is 31.8 Å². The Balaban J connectivity index is 1.64. The van der Waals surface area contributed by atoms with Gasteiger partial charge in [0.1, 0.15) is 18.5 Å². The molecule has 27 heavy (non-hydrogen) atoms. The van der Waals surface area contributed by atoms with E-state index in [1.165, 1.54) is 13.0 Å². The van der Waals surface area contributed by atoms with Crippen LogP contribution in [0.25, 0.3) is 5.70 Å². The van der Waals surface area contributed by atoms with E-state index in [2.05, 4.69) is 10.8 Å². The number of hydrogen-bond acceptors (Lipinski definition) is 5. The molecule has 0 bridgehead atoms. The van der Waals surface area contributed by atoms with Crippen LogP contribution in [0.1, 0.15) is 36.8 Å². The lowest BCUT2D eigenvalue weighted by Crippen LogP contribution is -2.39. The number of aliphatic hydroxyl groups excluding tert-OH is 1. The number of hydroxylamine groups is 1. The molecule has 0 saturated carbocycles. The Morgan fingerprint density at radius 3 is 2.74 bits per heavy atom. The molecule has 1 saturated heterocycles. The van der Waals surface area contributed by atoms with Crippen molar-refractivity contribution >= 4 is 17.5 Å². The molecule has 1 fully saturated rings. The molecule has 2 heterocycles. The Morgan fingerprint density at radius 2 is 2.11 bits per heavy atom. The zero-order valence-corrected chi connectivity index (χ0v) is 15.2. The largest absolute Gasteiger partial charge is 0.387 e. The van der Waals surface area contributed by atoms with Gasteiger partial charge in [0.2, 0.25) is 11.8 Å². The summed E-state index contributed by atoms with van der Waals surface area (Å²) in [5.41, 5.74) is 4.76. The fourth-order valence-electron chi connectivity index (χ4n) is 3.46. The maximum absolute atomic E-state index is 14.7. The molecular weight excluding hydrogens is 353 g/mol. The highest BCUT2D eigenvalue weighted by molar-refractivity contribution is 5.77. The van der Waals surface area contributed by atoms with Crippen LogP contribution in [0.3, 0.4) is 0 Å². The molecule has 1 atom stereocenters. The van der Waals surface area contributed by atoms with Crippen LogP contribution in [0, 0.1) is 5.82 Å². The van der Waals surface area contributed by atoms with Gasteiger partial charge in [-0.25, -0.2) is 4.39 Å². The van der Waals surface area contributed by atoms with Gasteiger partial charge in [0.05, 0.1) is 12.2 Å². The number of nitrogens with zero attached hydrogens (tertiary/aromatic N) is 1. The first-order valence-electron chi connectivity index (χ1n) is 9.04. The molecule has 0 spiro atoms. The van der Waals surface area contributed by atoms with Gasteiger partial charge in [0.25, 0.3) is 0 Å². The summed E-state index contributed by atoms with van der Waals surface area (Å²) in [7, 11) is 0. The third kappa shape index (κ3) is 4.64. The minimum atomic E-state index is -0.485. The summed E-state index contributed by atoms with van der Waals surface area (Å²) in [5.74, 6) is -0.650. The number of likely N-dealkylation sites (tertiary alicyclic amines) is 1. The van der Waals surface area contributed by atoms with Crippen molar-refractivity contribution in [2.75, 3.05) is 26.2 Å². The van der Waals surface area contributed by atoms with E-state index < -0.39 is 6.61 Å². The fraction of sp³-hybridized carbons (Fsp3) is 0.474. The second-order valence-corrected chi connectivity index (χ2v) is 6.83. The topological polar surface area (TPSA) is 90.9 Å². The lowest BCUT2D eigenvalue weighted by atomic mass is 9.88. The standard InChI is InChI=1S/C19H24FN3O4/c1-12(25)21-10-15-9-18(22-27-15)14-2-3-16(17(20)8-14)13-4-6-23(7-5-13)19(26)11-24/h2-3,8-9,13,15,22,24H,4-7,10-11H2,1H3,(H,21,25). The van der Waals surface area contributed by atoms with Crippen molar-refractivity contribution in [2.24, 2.45) is 0 Å². The number of nitrogens with one attached hydrogen (secondary N) is 2. The summed E-state index contributed by atoms with van der Waals surface area (Å²) in [4.78, 5) is 29.5. The van der Waals surface area contributed by atoms with E-state index in [0.29, 0.717) is 49.3 Å². The van der Waals surface area contributed by atoms with Gasteiger partial charge in [-0.15, -0.1) is 0 Å². The van der Waals surface area contributed by atoms with E-state index in [1.54, 1.807) is 11.0 Å². The van der Waals surface area contributed by atoms with Crippen molar-refractivity contribution in [1.29, 1.82) is 0 Å². The molecule has 146 valence electrons. The quantitative estimate of drug-likeness (QED) is 0.709. The third-order valence-electron chi connectivity index (χ3n) is 4.96. The number of carbonyl (C=O) groups excluding carboxylic acids is 2. The zero-order valence-electron chi connectivity index (χ0n) is 15.2. The highest BCUT2D eigenvalue weighted by atomic mass is 19.1. The third-order valence-corrected chi connectivity index (χ3v) is 4.96. The van der Waals surface area contributed by atoms with Crippen LogP contribution >= 0.6 is 0 Å². The summed E-state index contributed by atoms with van der Waals surface area (Å²) < 4.78 is 14.7. The fourth-order valence-corrected chi connectivity index (χ4v) is 3.46. The summed E-state index contributed by atoms with van der Waals surface area (Å²) in [5, 5.41) is 11.6. The highest BCUT2D eigenvalue weighted by Gasteiger charge is 2.26. The maximum atomic E-state index is 14.7. The summed E-state index contributed by atoms with van der Waals surface area (Å²) in [6.45, 7) is 2.34. The highest BCUT2D eigenvalue weighted by Crippen LogP contribution is 2.31. The Labute approximate surface area is 157 Å². The SMILES string of the molecule is CC(=O)NCC1C=C(c2ccc(C3CCN(C(=O)CO)CC3)c(F)c2)NO1. The number of halogens is 1. The predicted molar refractivity (Wildman–Crippen MR) is 96.7 cm³/mol. The molecule has 2 aliphatic heterocycles. The first-order chi connectivity index (χ1) is 13.0. The zero-order chi connectivity index (χ0) is 19.4. The van der Waals surface area contributed by atoms with Crippen molar-refractivity contribution < 1.29 is 23.9 Å². The molecule has 2 aliphatic rings. The Kier molecular flexibility index (Phi) is 6.08. The maximum Gasteiger partial charge on any atom is 0.248 e. The lowest BCUT2D eigenvalue weighted by Gasteiger charge is -2.32. The molecule has 1 unspecified atom stereocenters. The molecule has 1 aromatic rings. The normalized spacial score (nSPS) is 20.2. The minimum absolute atomic E-state index is 0.0519. The molecule has 0 radical (unpaired) electrons. The van der Waals surface area contributed by atoms with Crippen molar-refractivity contribution in [3.05, 3.63) is 41.2 Å². The average Bonchev–Trinajstić information content (AvgIpc) is 3.15. The summed E-state index contributed by atoms with van der Waals surface area (Å²) in [6.07, 6.45) is 2.85. The van der Waals surface area contributed by atoms with Gasteiger partial charge in [0.15, 0.2) is 0 Å². The minimum Gasteiger partial charge on any atom is -0.387 e. The first kappa shape index (κ1) is 19.3. The van der Waals surface area contributed by atoms with E-state index >= 15 is 0 Å². The molecular formula is C19H24FN3O4. The number of rotatable bonds is 5. The van der Waals surface area contributed by atoms with Crippen LogP contribution in [-0.2, 0) is 14.4 Å². The average molecular weight is 377 g/mol. The Bertz CT molecular complexity index is 744. The molecule has 2 amide bonds. The first-order valence-corrected chi connectivity index (χ1v) is 9.04. The Morgan fingerprint density at radius 1 is 1.37 bits per heavy atom. The monoisotopic (exact) mass is 377 g/mol. The van der Waals surface area contributed by atoms with Crippen LogP contribution in [0.4, 0.5) is 4.39 Å². The summed E-state index contributed by atoms with van der Waals surface area (Å²) in [6, 6.07) is 5.10. The van der Waals surface area contributed by atoms with Crippen molar-refractivity contribution in [3.8, 4) is 0 Å². The van der Waals surface area contributed by atoms with E-state index in [0.717, 1.165) is 0 Å². The van der Waals surface area contributed by atoms with Gasteiger partial charge in [-0.1, -0.05) is 12.1 Å². The van der Waals surface area contributed by atoms with Gasteiger partial charge in [-0.2, -0.15) is 0 Å². The van der Waals surface area contributed by atoms with Crippen LogP contribution in [0.2, 0.25) is 0 Å². The van der Waals surface area contributed by atoms with Gasteiger partial charge in [-0.05, 0) is 36.5 Å². The van der Waals surface area contributed by atoms with Gasteiger partial charge in [0, 0.05) is 25.6 Å². The molecule has 8 heteroatoms. The molecule has 1 aromatic carbocycles. The van der Waals surface area contributed by atoms with E-state index in [4.69, 9.17) is 9.94 Å². The van der Waals surface area contributed by atoms with E-state index in [1.807, 2.05) is 12.1 Å². The van der Waals surface area contributed by atoms with Crippen molar-refractivity contribution in [3.63, 3.8) is 0 Å². The van der Waals surface area contributed by atoms with E-state index in [9.17, 15) is 14.0 Å². The smallest absolute Gasteiger partial charge is 0.248 e. The van der Waals surface area contributed by atoms with Crippen LogP contribution in [-0.4, -0.2) is 54.2 Å². The van der Waals surface area contributed by atoms with Crippen molar-refractivity contribution in [1.82, 2.24) is 15.7 Å². The van der Waals surface area contributed by atoms with Crippen LogP contribution in [0.5, 0.6) is 0 Å². The molecule has 7 nitrogen and oxygen atoms in total. The number of hydrogen-bond donors (Lipinski definition) is 3. The summed E-state index contributed by atoms with van der Waals surface area (Å²) >= 11 is 0. The van der Waals surface area contributed by atoms with Crippen LogP contribution in [0.15, 0.2) is 24.3 Å². The lowest BCUT2D eigenvalue weighted by molar-refractivity contribution is -0.135. The van der Waals surface area contributed by atoms with Gasteiger partial charge in [-0.3, -0.25) is 19.9 Å². The van der Waals surface area contributed by atoms with Gasteiger partial charge >= 0.3 is 0 Å². The number of amides is 2. The second-order valence-electron chi connectivity index (χ2n) is 6.83. The molecule has 0 aliphatic carbocycles. The van der Waals surface area contributed by atoms with Crippen LogP contribution < -0.4 is 10.8 Å². The van der Waals surface area contributed by atoms with Gasteiger partial charge < -0.3 is 15.3 Å². The van der Waals surface area contributed by atoms with E-state index in [-0.39, 0.29) is 29.7 Å². The molecule has 0 aromatic heterocycles. The second kappa shape index (κ2) is 8.49. The predicted octanol–water partition coefficient (Wildman–Crippen LogP) is 0.904. The number of piperidine rings is 1. The number of benzene rings is 1. The number of aliphatic hydroxyl groups is 1. The number of carbonyl (C=O) groups is 2. The molecule has 3 rings (SSSR count).